The van der Waals surface area contributed by atoms with Gasteiger partial charge in [0.1, 0.15) is 6.61 Å². The first-order valence-corrected chi connectivity index (χ1v) is 33.9. The van der Waals surface area contributed by atoms with Gasteiger partial charge in [0.05, 0.1) is 13.2 Å². The molecule has 0 aromatic heterocycles. The number of allylic oxidation sites excluding steroid dienone is 12. The largest absolute Gasteiger partial charge is 0.472 e. The number of carbonyl (C=O) groups excluding carboxylic acids is 2. The first-order valence-electron chi connectivity index (χ1n) is 32.4. The number of hydrogen-bond donors (Lipinski definition) is 2. The van der Waals surface area contributed by atoms with Gasteiger partial charge in [-0.05, 0) is 83.5 Å². The van der Waals surface area contributed by atoms with E-state index >= 15 is 0 Å². The molecule has 0 saturated heterocycles. The van der Waals surface area contributed by atoms with Crippen molar-refractivity contribution in [2.45, 2.75) is 315 Å². The van der Waals surface area contributed by atoms with Crippen LogP contribution in [0.2, 0.25) is 0 Å². The van der Waals surface area contributed by atoms with Crippen molar-refractivity contribution in [3.05, 3.63) is 72.9 Å². The lowest BCUT2D eigenvalue weighted by molar-refractivity contribution is -0.161. The molecule has 448 valence electrons. The molecule has 0 aliphatic rings. The summed E-state index contributed by atoms with van der Waals surface area (Å²) in [5, 5.41) is 0. The van der Waals surface area contributed by atoms with E-state index < -0.39 is 26.5 Å². The van der Waals surface area contributed by atoms with Gasteiger partial charge in [-0.15, -0.1) is 0 Å². The van der Waals surface area contributed by atoms with Crippen LogP contribution in [0, 0.1) is 0 Å². The second kappa shape index (κ2) is 62.6. The van der Waals surface area contributed by atoms with Gasteiger partial charge in [0, 0.05) is 19.4 Å². The highest BCUT2D eigenvalue weighted by molar-refractivity contribution is 7.47. The van der Waals surface area contributed by atoms with Crippen molar-refractivity contribution in [3.8, 4) is 0 Å². The predicted octanol–water partition coefficient (Wildman–Crippen LogP) is 20.9. The summed E-state index contributed by atoms with van der Waals surface area (Å²) in [6.45, 7) is 3.63. The van der Waals surface area contributed by atoms with E-state index in [-0.39, 0.29) is 38.6 Å². The molecule has 77 heavy (non-hydrogen) atoms. The molecular formula is C67H122NO8P. The number of carbonyl (C=O) groups is 2. The molecule has 0 fully saturated rings. The van der Waals surface area contributed by atoms with E-state index in [1.54, 1.807) is 0 Å². The number of phosphoric ester groups is 1. The van der Waals surface area contributed by atoms with Gasteiger partial charge in [-0.2, -0.15) is 0 Å². The fraction of sp³-hybridized carbons (Fsp3) is 0.791. The SMILES string of the molecule is CC/C=C\C/C=C\C/C=C\C/C=C\CCCCCCCCC(=O)OC(COC(=O)CCCCCCCCCCCCCCCCCCCCCCCCCCC/C=C\C/C=C\CCCCCCC)COP(=O)(O)OCCN. The van der Waals surface area contributed by atoms with Crippen LogP contribution in [-0.4, -0.2) is 49.3 Å². The summed E-state index contributed by atoms with van der Waals surface area (Å²) in [6.07, 6.45) is 81.4. The monoisotopic (exact) mass is 1100 g/mol. The Kier molecular flexibility index (Phi) is 60.6. The summed E-state index contributed by atoms with van der Waals surface area (Å²) >= 11 is 0. The Bertz CT molecular complexity index is 1490. The smallest absolute Gasteiger partial charge is 0.462 e. The normalized spacial score (nSPS) is 13.5. The summed E-state index contributed by atoms with van der Waals surface area (Å²) in [5.41, 5.74) is 5.39. The van der Waals surface area contributed by atoms with Crippen LogP contribution in [0.25, 0.3) is 0 Å². The molecule has 0 bridgehead atoms. The van der Waals surface area contributed by atoms with Crippen molar-refractivity contribution >= 4 is 19.8 Å². The number of ether oxygens (including phenoxy) is 2. The molecular weight excluding hydrogens is 978 g/mol. The van der Waals surface area contributed by atoms with Crippen molar-refractivity contribution in [1.29, 1.82) is 0 Å². The number of unbranched alkanes of at least 4 members (excludes halogenated alkanes) is 36. The Labute approximate surface area is 475 Å². The average Bonchev–Trinajstić information content (AvgIpc) is 3.42. The highest BCUT2D eigenvalue weighted by Gasteiger charge is 2.26. The molecule has 0 rings (SSSR count). The Morgan fingerprint density at radius 1 is 0.403 bits per heavy atom. The van der Waals surface area contributed by atoms with Crippen molar-refractivity contribution in [2.24, 2.45) is 5.73 Å². The zero-order valence-corrected chi connectivity index (χ0v) is 51.1. The topological polar surface area (TPSA) is 134 Å². The summed E-state index contributed by atoms with van der Waals surface area (Å²) in [7, 11) is -4.39. The minimum atomic E-state index is -4.39. The van der Waals surface area contributed by atoms with Crippen LogP contribution in [0.5, 0.6) is 0 Å². The Hall–Kier alpha value is -2.55. The molecule has 2 unspecified atom stereocenters. The minimum Gasteiger partial charge on any atom is -0.462 e. The van der Waals surface area contributed by atoms with Gasteiger partial charge in [-0.25, -0.2) is 4.57 Å². The van der Waals surface area contributed by atoms with E-state index in [9.17, 15) is 19.0 Å². The molecule has 10 heteroatoms. The van der Waals surface area contributed by atoms with Crippen LogP contribution in [0.3, 0.4) is 0 Å². The fourth-order valence-electron chi connectivity index (χ4n) is 9.31. The van der Waals surface area contributed by atoms with E-state index in [2.05, 4.69) is 86.8 Å². The van der Waals surface area contributed by atoms with Crippen molar-refractivity contribution < 1.29 is 37.6 Å². The van der Waals surface area contributed by atoms with Crippen LogP contribution < -0.4 is 5.73 Å². The molecule has 0 amide bonds. The average molecular weight is 1100 g/mol. The highest BCUT2D eigenvalue weighted by atomic mass is 31.2. The third-order valence-electron chi connectivity index (χ3n) is 14.1. The van der Waals surface area contributed by atoms with E-state index in [1.165, 1.54) is 186 Å². The number of esters is 2. The number of phosphoric acid groups is 1. The second-order valence-corrected chi connectivity index (χ2v) is 23.1. The first-order chi connectivity index (χ1) is 37.8. The van der Waals surface area contributed by atoms with Gasteiger partial charge in [-0.1, -0.05) is 286 Å². The Morgan fingerprint density at radius 3 is 1.06 bits per heavy atom. The third kappa shape index (κ3) is 62.5. The molecule has 0 aliphatic carbocycles. The van der Waals surface area contributed by atoms with Crippen LogP contribution in [0.4, 0.5) is 0 Å². The molecule has 0 spiro atoms. The fourth-order valence-corrected chi connectivity index (χ4v) is 10.1. The highest BCUT2D eigenvalue weighted by Crippen LogP contribution is 2.43. The lowest BCUT2D eigenvalue weighted by Gasteiger charge is -2.19. The molecule has 0 heterocycles. The lowest BCUT2D eigenvalue weighted by Crippen LogP contribution is -2.29. The predicted molar refractivity (Wildman–Crippen MR) is 330 cm³/mol. The maximum absolute atomic E-state index is 12.7. The van der Waals surface area contributed by atoms with E-state index in [0.29, 0.717) is 6.42 Å². The summed E-state index contributed by atoms with van der Waals surface area (Å²) < 4.78 is 33.1. The van der Waals surface area contributed by atoms with Gasteiger partial charge in [0.2, 0.25) is 0 Å². The number of nitrogens with two attached hydrogens (primary N) is 1. The van der Waals surface area contributed by atoms with Crippen LogP contribution in [-0.2, 0) is 32.7 Å². The standard InChI is InChI=1S/C67H122NO8P/c1-3-5-7-9-11-13-15-17-19-21-23-24-25-26-27-28-29-30-31-32-33-34-35-36-37-38-39-40-42-43-45-47-49-51-53-55-57-59-66(69)73-63-65(64-75-77(71,72)74-62-61-68)76-67(70)60-58-56-54-52-50-48-46-44-41-22-20-18-16-14-12-10-8-6-4-2/h6,8,12,14-15,17-18,20-21,23,41,44,65H,3-5,7,9-11,13,16,19,22,24-40,42-43,45-64,68H2,1-2H3,(H,71,72)/b8-6-,14-12-,17-15-,20-18-,23-21-,44-41-. The van der Waals surface area contributed by atoms with E-state index in [1.807, 2.05) is 0 Å². The molecule has 0 aromatic rings. The van der Waals surface area contributed by atoms with Gasteiger partial charge >= 0.3 is 19.8 Å². The number of rotatable bonds is 61. The van der Waals surface area contributed by atoms with E-state index in [4.69, 9.17) is 24.3 Å². The van der Waals surface area contributed by atoms with Gasteiger partial charge in [0.25, 0.3) is 0 Å². The molecule has 0 radical (unpaired) electrons. The maximum Gasteiger partial charge on any atom is 0.472 e. The van der Waals surface area contributed by atoms with Gasteiger partial charge in [0.15, 0.2) is 6.10 Å². The Morgan fingerprint density at radius 2 is 0.714 bits per heavy atom. The first kappa shape index (κ1) is 74.5. The quantitative estimate of drug-likeness (QED) is 0.0264. The number of hydrogen-bond acceptors (Lipinski definition) is 8. The maximum atomic E-state index is 12.7. The van der Waals surface area contributed by atoms with Crippen LogP contribution in [0.1, 0.15) is 309 Å². The minimum absolute atomic E-state index is 0.0494. The lowest BCUT2D eigenvalue weighted by atomic mass is 10.0. The molecule has 0 aromatic carbocycles. The summed E-state index contributed by atoms with van der Waals surface area (Å²) in [6, 6.07) is 0. The van der Waals surface area contributed by atoms with Crippen molar-refractivity contribution in [3.63, 3.8) is 0 Å². The molecule has 0 saturated carbocycles. The molecule has 0 aliphatic heterocycles. The molecule has 9 nitrogen and oxygen atoms in total. The molecule has 3 N–H and O–H groups in total. The van der Waals surface area contributed by atoms with E-state index in [0.717, 1.165) is 89.9 Å². The second-order valence-electron chi connectivity index (χ2n) is 21.6. The van der Waals surface area contributed by atoms with Crippen molar-refractivity contribution in [1.82, 2.24) is 0 Å². The Balaban J connectivity index is 3.81. The van der Waals surface area contributed by atoms with Crippen LogP contribution >= 0.6 is 7.82 Å². The van der Waals surface area contributed by atoms with Crippen LogP contribution in [0.15, 0.2) is 72.9 Å². The zero-order valence-electron chi connectivity index (χ0n) is 50.2. The third-order valence-corrected chi connectivity index (χ3v) is 15.1. The summed E-state index contributed by atoms with van der Waals surface area (Å²) in [5.74, 6) is -0.835. The van der Waals surface area contributed by atoms with Gasteiger partial charge < -0.3 is 20.1 Å². The van der Waals surface area contributed by atoms with Gasteiger partial charge in [-0.3, -0.25) is 18.6 Å². The zero-order chi connectivity index (χ0) is 55.9. The van der Waals surface area contributed by atoms with Crippen molar-refractivity contribution in [2.75, 3.05) is 26.4 Å². The molecule has 2 atom stereocenters. The summed E-state index contributed by atoms with van der Waals surface area (Å²) in [4.78, 5) is 35.2.